The zero-order valence-corrected chi connectivity index (χ0v) is 15.9. The predicted octanol–water partition coefficient (Wildman–Crippen LogP) is 2.90. The Bertz CT molecular complexity index is 939. The van der Waals surface area contributed by atoms with E-state index in [1.165, 1.54) is 11.8 Å². The minimum Gasteiger partial charge on any atom is -0.507 e. The van der Waals surface area contributed by atoms with Crippen LogP contribution in [0.1, 0.15) is 24.1 Å². The van der Waals surface area contributed by atoms with E-state index < -0.39 is 17.7 Å². The van der Waals surface area contributed by atoms with Gasteiger partial charge in [-0.2, -0.15) is 0 Å². The van der Waals surface area contributed by atoms with Crippen LogP contribution in [-0.2, 0) is 14.4 Å². The fourth-order valence-electron chi connectivity index (χ4n) is 3.21. The lowest BCUT2D eigenvalue weighted by Crippen LogP contribution is -2.37. The lowest BCUT2D eigenvalue weighted by Gasteiger charge is -2.25. The normalized spacial score (nSPS) is 18.4. The van der Waals surface area contributed by atoms with Crippen LogP contribution in [0.25, 0.3) is 5.76 Å². The molecule has 2 aromatic rings. The van der Waals surface area contributed by atoms with Gasteiger partial charge >= 0.3 is 0 Å². The summed E-state index contributed by atoms with van der Waals surface area (Å²) < 4.78 is 0. The van der Waals surface area contributed by atoms with Crippen LogP contribution >= 0.6 is 11.6 Å². The molecule has 1 aliphatic rings. The molecular weight excluding hydrogens is 380 g/mol. The summed E-state index contributed by atoms with van der Waals surface area (Å²) in [4.78, 5) is 37.9. The Kier molecular flexibility index (Phi) is 5.80. The highest BCUT2D eigenvalue weighted by atomic mass is 35.5. The molecule has 3 rings (SSSR count). The number of hydrogen-bond acceptors (Lipinski definition) is 4. The van der Waals surface area contributed by atoms with Crippen LogP contribution < -0.4 is 5.32 Å². The number of nitrogens with zero attached hydrogens (tertiary/aromatic N) is 1. The fraction of sp³-hybridized carbons (Fsp3) is 0.190. The molecule has 0 aliphatic carbocycles. The number of likely N-dealkylation sites (tertiary alicyclic amines) is 1. The van der Waals surface area contributed by atoms with Crippen LogP contribution in [0.5, 0.6) is 0 Å². The van der Waals surface area contributed by atoms with Crippen molar-refractivity contribution in [2.24, 2.45) is 0 Å². The van der Waals surface area contributed by atoms with Crippen LogP contribution in [0, 0.1) is 0 Å². The Morgan fingerprint density at radius 3 is 2.36 bits per heavy atom. The van der Waals surface area contributed by atoms with Gasteiger partial charge in [-0.15, -0.1) is 0 Å². The average Bonchev–Trinajstić information content (AvgIpc) is 2.93. The number of aliphatic hydroxyl groups is 1. The summed E-state index contributed by atoms with van der Waals surface area (Å²) in [5.74, 6) is -1.96. The fourth-order valence-corrected chi connectivity index (χ4v) is 3.33. The zero-order valence-electron chi connectivity index (χ0n) is 15.2. The molecule has 144 valence electrons. The van der Waals surface area contributed by atoms with Gasteiger partial charge in [0.25, 0.3) is 11.7 Å². The van der Waals surface area contributed by atoms with E-state index in [2.05, 4.69) is 5.32 Å². The standard InChI is InChI=1S/C21H19ClN2O4/c1-13(25)23-11-12-24-18(14-5-3-2-4-6-14)17(20(27)21(24)28)19(26)15-7-9-16(22)10-8-15/h2-10,18,26H,11-12H2,1H3,(H,23,25). The van der Waals surface area contributed by atoms with Gasteiger partial charge in [-0.1, -0.05) is 41.9 Å². The van der Waals surface area contributed by atoms with Gasteiger partial charge in [0.1, 0.15) is 5.76 Å². The van der Waals surface area contributed by atoms with Crippen molar-refractivity contribution in [3.8, 4) is 0 Å². The highest BCUT2D eigenvalue weighted by Gasteiger charge is 2.45. The van der Waals surface area contributed by atoms with Crippen molar-refractivity contribution in [3.63, 3.8) is 0 Å². The van der Waals surface area contributed by atoms with Crippen LogP contribution in [0.4, 0.5) is 0 Å². The monoisotopic (exact) mass is 398 g/mol. The second-order valence-corrected chi connectivity index (χ2v) is 6.83. The number of benzene rings is 2. The third kappa shape index (κ3) is 3.92. The minimum absolute atomic E-state index is 0.0151. The highest BCUT2D eigenvalue weighted by molar-refractivity contribution is 6.46. The van der Waals surface area contributed by atoms with Crippen molar-refractivity contribution in [3.05, 3.63) is 76.3 Å². The first-order valence-corrected chi connectivity index (χ1v) is 9.11. The molecule has 28 heavy (non-hydrogen) atoms. The Hall–Kier alpha value is -3.12. The third-order valence-corrected chi connectivity index (χ3v) is 4.75. The predicted molar refractivity (Wildman–Crippen MR) is 106 cm³/mol. The van der Waals surface area contributed by atoms with Gasteiger partial charge in [0.2, 0.25) is 5.91 Å². The summed E-state index contributed by atoms with van der Waals surface area (Å²) in [5.41, 5.74) is 1.10. The van der Waals surface area contributed by atoms with Gasteiger partial charge in [0.05, 0.1) is 11.6 Å². The number of aliphatic hydroxyl groups excluding tert-OH is 1. The van der Waals surface area contributed by atoms with Crippen molar-refractivity contribution in [1.82, 2.24) is 10.2 Å². The highest BCUT2D eigenvalue weighted by Crippen LogP contribution is 2.39. The van der Waals surface area contributed by atoms with E-state index in [1.54, 1.807) is 48.5 Å². The Labute approximate surface area is 167 Å². The van der Waals surface area contributed by atoms with Crippen LogP contribution in [0.15, 0.2) is 60.2 Å². The molecule has 0 radical (unpaired) electrons. The van der Waals surface area contributed by atoms with Crippen molar-refractivity contribution in [2.45, 2.75) is 13.0 Å². The number of ketones is 1. The number of Topliss-reactive ketones (excluding diaryl/α,β-unsaturated/α-hetero) is 1. The van der Waals surface area contributed by atoms with Gasteiger partial charge in [-0.05, 0) is 29.8 Å². The Morgan fingerprint density at radius 2 is 1.75 bits per heavy atom. The number of amides is 2. The maximum absolute atomic E-state index is 12.8. The van der Waals surface area contributed by atoms with E-state index in [9.17, 15) is 19.5 Å². The molecule has 1 aliphatic heterocycles. The van der Waals surface area contributed by atoms with E-state index in [-0.39, 0.29) is 30.3 Å². The number of halogens is 1. The lowest BCUT2D eigenvalue weighted by molar-refractivity contribution is -0.139. The summed E-state index contributed by atoms with van der Waals surface area (Å²) in [6.07, 6.45) is 0. The molecule has 2 aromatic carbocycles. The van der Waals surface area contributed by atoms with E-state index in [1.807, 2.05) is 6.07 Å². The Morgan fingerprint density at radius 1 is 1.11 bits per heavy atom. The first-order chi connectivity index (χ1) is 13.4. The van der Waals surface area contributed by atoms with Crippen molar-refractivity contribution in [2.75, 3.05) is 13.1 Å². The molecule has 6 nitrogen and oxygen atoms in total. The quantitative estimate of drug-likeness (QED) is 0.460. The van der Waals surface area contributed by atoms with Gasteiger partial charge in [-0.25, -0.2) is 0 Å². The number of carbonyl (C=O) groups excluding carboxylic acids is 3. The summed E-state index contributed by atoms with van der Waals surface area (Å²) in [6, 6.07) is 14.6. The molecule has 2 N–H and O–H groups in total. The smallest absolute Gasteiger partial charge is 0.295 e. The second kappa shape index (κ2) is 8.27. The minimum atomic E-state index is -0.760. The SMILES string of the molecule is CC(=O)NCCN1C(=O)C(=O)C(=C(O)c2ccc(Cl)cc2)C1c1ccccc1. The molecule has 2 amide bonds. The average molecular weight is 399 g/mol. The zero-order chi connectivity index (χ0) is 20.3. The van der Waals surface area contributed by atoms with Gasteiger partial charge in [-0.3, -0.25) is 14.4 Å². The van der Waals surface area contributed by atoms with Crippen molar-refractivity contribution >= 4 is 35.0 Å². The van der Waals surface area contributed by atoms with E-state index in [0.717, 1.165) is 0 Å². The molecule has 7 heteroatoms. The summed E-state index contributed by atoms with van der Waals surface area (Å²) >= 11 is 5.90. The van der Waals surface area contributed by atoms with Crippen LogP contribution in [0.2, 0.25) is 5.02 Å². The van der Waals surface area contributed by atoms with Gasteiger partial charge < -0.3 is 15.3 Å². The molecule has 0 spiro atoms. The number of hydrogen-bond donors (Lipinski definition) is 2. The van der Waals surface area contributed by atoms with Gasteiger partial charge in [0, 0.05) is 30.6 Å². The second-order valence-electron chi connectivity index (χ2n) is 6.39. The van der Waals surface area contributed by atoms with E-state index in [0.29, 0.717) is 16.1 Å². The van der Waals surface area contributed by atoms with E-state index >= 15 is 0 Å². The number of carbonyl (C=O) groups is 3. The van der Waals surface area contributed by atoms with E-state index in [4.69, 9.17) is 11.6 Å². The summed E-state index contributed by atoms with van der Waals surface area (Å²) in [6.45, 7) is 1.72. The molecule has 0 aromatic heterocycles. The van der Waals surface area contributed by atoms with Crippen LogP contribution in [-0.4, -0.2) is 40.7 Å². The third-order valence-electron chi connectivity index (χ3n) is 4.50. The number of nitrogens with one attached hydrogen (secondary N) is 1. The maximum Gasteiger partial charge on any atom is 0.295 e. The van der Waals surface area contributed by atoms with Crippen molar-refractivity contribution in [1.29, 1.82) is 0 Å². The molecule has 1 fully saturated rings. The first kappa shape index (κ1) is 19.6. The number of rotatable bonds is 5. The summed E-state index contributed by atoms with van der Waals surface area (Å²) in [5, 5.41) is 13.9. The molecule has 1 saturated heterocycles. The molecule has 1 atom stereocenters. The molecule has 0 bridgehead atoms. The largest absolute Gasteiger partial charge is 0.507 e. The molecular formula is C21H19ClN2O4. The Balaban J connectivity index is 2.07. The first-order valence-electron chi connectivity index (χ1n) is 8.74. The molecule has 1 unspecified atom stereocenters. The van der Waals surface area contributed by atoms with Gasteiger partial charge in [0.15, 0.2) is 0 Å². The topological polar surface area (TPSA) is 86.7 Å². The van der Waals surface area contributed by atoms with Crippen LogP contribution in [0.3, 0.4) is 0 Å². The molecule has 1 heterocycles. The maximum atomic E-state index is 12.8. The summed E-state index contributed by atoms with van der Waals surface area (Å²) in [7, 11) is 0. The molecule has 0 saturated carbocycles. The van der Waals surface area contributed by atoms with Crippen molar-refractivity contribution < 1.29 is 19.5 Å². The lowest BCUT2D eigenvalue weighted by atomic mass is 9.95.